The molecule has 1 fully saturated rings. The van der Waals surface area contributed by atoms with Crippen molar-refractivity contribution in [1.29, 1.82) is 0 Å². The molecule has 1 atom stereocenters. The number of hydrogen-bond acceptors (Lipinski definition) is 3. The van der Waals surface area contributed by atoms with Crippen molar-refractivity contribution in [1.82, 2.24) is 9.80 Å². The topological polar surface area (TPSA) is 32.8 Å². The minimum Gasteiger partial charge on any atom is -0.444 e. The van der Waals surface area contributed by atoms with E-state index in [9.17, 15) is 4.79 Å². The second-order valence-corrected chi connectivity index (χ2v) is 8.47. The van der Waals surface area contributed by atoms with Crippen molar-refractivity contribution in [3.8, 4) is 0 Å². The van der Waals surface area contributed by atoms with Gasteiger partial charge in [-0.2, -0.15) is 0 Å². The molecule has 0 unspecified atom stereocenters. The Morgan fingerprint density at radius 1 is 1.25 bits per heavy atom. The highest BCUT2D eigenvalue weighted by Crippen LogP contribution is 2.16. The van der Waals surface area contributed by atoms with Crippen LogP contribution in [0.25, 0.3) is 0 Å². The van der Waals surface area contributed by atoms with Gasteiger partial charge in [0.05, 0.1) is 0 Å². The lowest BCUT2D eigenvalue weighted by atomic mass is 10.1. The van der Waals surface area contributed by atoms with Crippen molar-refractivity contribution in [2.24, 2.45) is 0 Å². The Bertz CT molecular complexity index is 539. The minimum atomic E-state index is -0.432. The van der Waals surface area contributed by atoms with Crippen LogP contribution in [0.2, 0.25) is 0 Å². The molecule has 4 nitrogen and oxygen atoms in total. The van der Waals surface area contributed by atoms with E-state index in [-0.39, 0.29) is 12.1 Å². The second-order valence-electron chi connectivity index (χ2n) is 7.55. The fourth-order valence-electron chi connectivity index (χ4n) is 2.99. The Balaban J connectivity index is 1.74. The van der Waals surface area contributed by atoms with Crippen molar-refractivity contribution in [2.75, 3.05) is 26.2 Å². The molecule has 1 saturated heterocycles. The van der Waals surface area contributed by atoms with Gasteiger partial charge in [-0.15, -0.1) is 0 Å². The van der Waals surface area contributed by atoms with Crippen LogP contribution in [0.3, 0.4) is 0 Å². The Labute approximate surface area is 154 Å². The number of carbonyl (C=O) groups is 1. The van der Waals surface area contributed by atoms with E-state index >= 15 is 0 Å². The van der Waals surface area contributed by atoms with E-state index < -0.39 is 5.60 Å². The second kappa shape index (κ2) is 8.34. The predicted molar refractivity (Wildman–Crippen MR) is 101 cm³/mol. The molecule has 1 heterocycles. The largest absolute Gasteiger partial charge is 0.444 e. The maximum atomic E-state index is 12.2. The number of rotatable bonds is 4. The van der Waals surface area contributed by atoms with E-state index in [2.05, 4.69) is 52.0 Å². The van der Waals surface area contributed by atoms with Gasteiger partial charge < -0.3 is 9.64 Å². The Kier molecular flexibility index (Phi) is 6.70. The first-order valence-electron chi connectivity index (χ1n) is 8.71. The number of aryl methyl sites for hydroxylation is 1. The number of amides is 1. The van der Waals surface area contributed by atoms with Crippen LogP contribution in [-0.2, 0) is 11.2 Å². The summed E-state index contributed by atoms with van der Waals surface area (Å²) in [5.41, 5.74) is 0.942. The first kappa shape index (κ1) is 19.3. The van der Waals surface area contributed by atoms with Gasteiger partial charge in [-0.05, 0) is 64.8 Å². The first-order chi connectivity index (χ1) is 11.2. The van der Waals surface area contributed by atoms with Crippen LogP contribution in [0.5, 0.6) is 0 Å². The molecule has 1 aliphatic heterocycles. The molecule has 0 aromatic heterocycles. The van der Waals surface area contributed by atoms with Crippen LogP contribution in [0, 0.1) is 0 Å². The van der Waals surface area contributed by atoms with Crippen molar-refractivity contribution in [2.45, 2.75) is 52.2 Å². The number of nitrogens with zero attached hydrogens (tertiary/aromatic N) is 2. The number of halogens is 1. The molecular weight excluding hydrogens is 368 g/mol. The van der Waals surface area contributed by atoms with E-state index in [1.165, 1.54) is 5.56 Å². The van der Waals surface area contributed by atoms with E-state index in [4.69, 9.17) is 4.74 Å². The Hall–Kier alpha value is -1.07. The van der Waals surface area contributed by atoms with Gasteiger partial charge in [0.15, 0.2) is 0 Å². The van der Waals surface area contributed by atoms with Gasteiger partial charge in [0, 0.05) is 30.1 Å². The van der Waals surface area contributed by atoms with Crippen LogP contribution >= 0.6 is 15.9 Å². The maximum absolute atomic E-state index is 12.2. The monoisotopic (exact) mass is 396 g/mol. The van der Waals surface area contributed by atoms with E-state index in [1.54, 1.807) is 0 Å². The fourth-order valence-corrected chi connectivity index (χ4v) is 3.25. The van der Waals surface area contributed by atoms with Crippen LogP contribution in [0.15, 0.2) is 28.7 Å². The lowest BCUT2D eigenvalue weighted by Gasteiger charge is -2.40. The van der Waals surface area contributed by atoms with Gasteiger partial charge >= 0.3 is 6.09 Å². The highest BCUT2D eigenvalue weighted by atomic mass is 79.9. The van der Waals surface area contributed by atoms with Crippen LogP contribution < -0.4 is 0 Å². The summed E-state index contributed by atoms with van der Waals surface area (Å²) in [6.07, 6.45) is 2.04. The van der Waals surface area contributed by atoms with Crippen LogP contribution in [0.4, 0.5) is 4.79 Å². The standard InChI is InChI=1S/C19H29BrN2O2/c1-15-14-21(11-5-6-16-7-9-17(20)10-8-16)12-13-22(15)18(23)24-19(2,3)4/h7-10,15H,5-6,11-14H2,1-4H3/t15-/m0/s1. The molecule has 1 aliphatic rings. The molecule has 1 aromatic carbocycles. The summed E-state index contributed by atoms with van der Waals surface area (Å²) < 4.78 is 6.62. The molecule has 0 spiro atoms. The Morgan fingerprint density at radius 3 is 2.50 bits per heavy atom. The first-order valence-corrected chi connectivity index (χ1v) is 9.50. The zero-order valence-electron chi connectivity index (χ0n) is 15.2. The Morgan fingerprint density at radius 2 is 1.92 bits per heavy atom. The third-order valence-electron chi connectivity index (χ3n) is 4.19. The third-order valence-corrected chi connectivity index (χ3v) is 4.72. The molecule has 2 rings (SSSR count). The molecule has 0 aliphatic carbocycles. The molecule has 0 bridgehead atoms. The van der Waals surface area contributed by atoms with Gasteiger partial charge in [0.2, 0.25) is 0 Å². The summed E-state index contributed by atoms with van der Waals surface area (Å²) >= 11 is 3.47. The van der Waals surface area contributed by atoms with Crippen LogP contribution in [0.1, 0.15) is 39.7 Å². The predicted octanol–water partition coefficient (Wildman–Crippen LogP) is 4.32. The number of hydrogen-bond donors (Lipinski definition) is 0. The molecule has 134 valence electrons. The zero-order valence-corrected chi connectivity index (χ0v) is 16.8. The van der Waals surface area contributed by atoms with Crippen molar-refractivity contribution < 1.29 is 9.53 Å². The number of carbonyl (C=O) groups excluding carboxylic acids is 1. The van der Waals surface area contributed by atoms with E-state index in [0.717, 1.165) is 43.5 Å². The van der Waals surface area contributed by atoms with Gasteiger partial charge in [-0.3, -0.25) is 4.90 Å². The number of benzene rings is 1. The van der Waals surface area contributed by atoms with Gasteiger partial charge in [-0.25, -0.2) is 4.79 Å². The average Bonchev–Trinajstić information content (AvgIpc) is 2.47. The van der Waals surface area contributed by atoms with Crippen molar-refractivity contribution in [3.63, 3.8) is 0 Å². The lowest BCUT2D eigenvalue weighted by Crippen LogP contribution is -2.55. The van der Waals surface area contributed by atoms with Crippen molar-refractivity contribution in [3.05, 3.63) is 34.3 Å². The SMILES string of the molecule is C[C@H]1CN(CCCc2ccc(Br)cc2)CCN1C(=O)OC(C)(C)C. The van der Waals surface area contributed by atoms with E-state index in [1.807, 2.05) is 25.7 Å². The summed E-state index contributed by atoms with van der Waals surface area (Å²) in [6.45, 7) is 11.5. The fraction of sp³-hybridized carbons (Fsp3) is 0.632. The molecular formula is C19H29BrN2O2. The molecule has 24 heavy (non-hydrogen) atoms. The quantitative estimate of drug-likeness (QED) is 0.759. The summed E-state index contributed by atoms with van der Waals surface area (Å²) in [5, 5.41) is 0. The normalized spacial score (nSPS) is 19.4. The third kappa shape index (κ3) is 6.10. The number of piperazine rings is 1. The smallest absolute Gasteiger partial charge is 0.410 e. The van der Waals surface area contributed by atoms with Gasteiger partial charge in [0.25, 0.3) is 0 Å². The lowest BCUT2D eigenvalue weighted by molar-refractivity contribution is 0.00142. The van der Waals surface area contributed by atoms with Gasteiger partial charge in [0.1, 0.15) is 5.60 Å². The molecule has 1 aromatic rings. The minimum absolute atomic E-state index is 0.190. The van der Waals surface area contributed by atoms with E-state index in [0.29, 0.717) is 0 Å². The van der Waals surface area contributed by atoms with Crippen molar-refractivity contribution >= 4 is 22.0 Å². The summed E-state index contributed by atoms with van der Waals surface area (Å²) in [4.78, 5) is 16.5. The molecule has 0 radical (unpaired) electrons. The molecule has 0 saturated carbocycles. The summed E-state index contributed by atoms with van der Waals surface area (Å²) in [5.74, 6) is 0. The van der Waals surface area contributed by atoms with Crippen LogP contribution in [-0.4, -0.2) is 53.7 Å². The highest BCUT2D eigenvalue weighted by molar-refractivity contribution is 9.10. The molecule has 5 heteroatoms. The number of ether oxygens (including phenoxy) is 1. The molecule has 0 N–H and O–H groups in total. The highest BCUT2D eigenvalue weighted by Gasteiger charge is 2.30. The zero-order chi connectivity index (χ0) is 17.7. The summed E-state index contributed by atoms with van der Waals surface area (Å²) in [7, 11) is 0. The van der Waals surface area contributed by atoms with Gasteiger partial charge in [-0.1, -0.05) is 28.1 Å². The maximum Gasteiger partial charge on any atom is 0.410 e. The average molecular weight is 397 g/mol. The summed E-state index contributed by atoms with van der Waals surface area (Å²) in [6, 6.07) is 8.73. The molecule has 1 amide bonds.